The Balaban J connectivity index is 2.92. The van der Waals surface area contributed by atoms with Crippen molar-refractivity contribution in [2.24, 2.45) is 0 Å². The molecule has 0 radical (unpaired) electrons. The second kappa shape index (κ2) is 4.48. The zero-order valence-corrected chi connectivity index (χ0v) is 7.96. The molecule has 0 fully saturated rings. The van der Waals surface area contributed by atoms with Gasteiger partial charge < -0.3 is 9.84 Å². The minimum atomic E-state index is -2.93. The second-order valence-electron chi connectivity index (χ2n) is 2.15. The molecule has 1 aromatic rings. The molecule has 0 spiro atoms. The summed E-state index contributed by atoms with van der Waals surface area (Å²) in [7, 11) is 0. The Kier molecular flexibility index (Phi) is 3.56. The first kappa shape index (κ1) is 10.3. The van der Waals surface area contributed by atoms with E-state index in [0.29, 0.717) is 4.47 Å². The van der Waals surface area contributed by atoms with Crippen LogP contribution in [0.2, 0.25) is 0 Å². The third kappa shape index (κ3) is 2.89. The van der Waals surface area contributed by atoms with Crippen LogP contribution < -0.4 is 4.74 Å². The zero-order chi connectivity index (χ0) is 9.84. The van der Waals surface area contributed by atoms with Gasteiger partial charge in [0.2, 0.25) is 5.88 Å². The van der Waals surface area contributed by atoms with E-state index in [1.165, 1.54) is 12.3 Å². The molecular weight excluding hydrogens is 248 g/mol. The summed E-state index contributed by atoms with van der Waals surface area (Å²) in [6, 6.07) is 1.46. The van der Waals surface area contributed by atoms with Crippen LogP contribution in [0.1, 0.15) is 5.56 Å². The lowest BCUT2D eigenvalue weighted by Crippen LogP contribution is -2.06. The van der Waals surface area contributed by atoms with Crippen LogP contribution in [0, 0.1) is 0 Å². The third-order valence-electron chi connectivity index (χ3n) is 1.26. The van der Waals surface area contributed by atoms with Gasteiger partial charge in [0.1, 0.15) is 0 Å². The molecule has 3 nitrogen and oxygen atoms in total. The molecule has 72 valence electrons. The normalized spacial score (nSPS) is 10.5. The van der Waals surface area contributed by atoms with Crippen LogP contribution in [0.15, 0.2) is 16.7 Å². The van der Waals surface area contributed by atoms with Gasteiger partial charge in [-0.05, 0) is 22.0 Å². The van der Waals surface area contributed by atoms with Crippen molar-refractivity contribution in [2.45, 2.75) is 13.2 Å². The lowest BCUT2D eigenvalue weighted by atomic mass is 10.3. The highest BCUT2D eigenvalue weighted by atomic mass is 79.9. The number of ether oxygens (including phenoxy) is 1. The first-order valence-corrected chi connectivity index (χ1v) is 4.13. The van der Waals surface area contributed by atoms with E-state index in [-0.39, 0.29) is 11.4 Å². The number of hydrogen-bond acceptors (Lipinski definition) is 3. The van der Waals surface area contributed by atoms with Crippen molar-refractivity contribution in [1.82, 2.24) is 4.98 Å². The van der Waals surface area contributed by atoms with Gasteiger partial charge in [-0.2, -0.15) is 8.78 Å². The van der Waals surface area contributed by atoms with E-state index < -0.39 is 13.2 Å². The van der Waals surface area contributed by atoms with Gasteiger partial charge >= 0.3 is 6.61 Å². The van der Waals surface area contributed by atoms with Crippen LogP contribution in [-0.2, 0) is 6.61 Å². The van der Waals surface area contributed by atoms with Gasteiger partial charge in [-0.3, -0.25) is 0 Å². The molecule has 0 aromatic carbocycles. The second-order valence-corrected chi connectivity index (χ2v) is 3.07. The summed E-state index contributed by atoms with van der Waals surface area (Å²) in [6.07, 6.45) is 1.32. The van der Waals surface area contributed by atoms with Gasteiger partial charge in [0.15, 0.2) is 0 Å². The fourth-order valence-corrected chi connectivity index (χ4v) is 1.15. The Morgan fingerprint density at radius 3 is 2.85 bits per heavy atom. The summed E-state index contributed by atoms with van der Waals surface area (Å²) in [6.45, 7) is -3.33. The number of alkyl halides is 2. The summed E-state index contributed by atoms with van der Waals surface area (Å²) in [5.41, 5.74) is 0.217. The lowest BCUT2D eigenvalue weighted by molar-refractivity contribution is -0.0540. The molecule has 1 N–H and O–H groups in total. The Morgan fingerprint density at radius 1 is 1.62 bits per heavy atom. The van der Waals surface area contributed by atoms with Gasteiger partial charge in [0.25, 0.3) is 0 Å². The highest BCUT2D eigenvalue weighted by Gasteiger charge is 2.10. The summed E-state index contributed by atoms with van der Waals surface area (Å²) in [5.74, 6) is -0.249. The van der Waals surface area contributed by atoms with Crippen LogP contribution >= 0.6 is 15.9 Å². The number of rotatable bonds is 3. The molecule has 0 aliphatic heterocycles. The average molecular weight is 254 g/mol. The van der Waals surface area contributed by atoms with E-state index in [1.807, 2.05) is 0 Å². The Hall–Kier alpha value is -0.750. The van der Waals surface area contributed by atoms with Crippen molar-refractivity contribution in [3.8, 4) is 5.88 Å². The predicted octanol–water partition coefficient (Wildman–Crippen LogP) is 1.94. The highest BCUT2D eigenvalue weighted by Crippen LogP contribution is 2.21. The maximum atomic E-state index is 11.8. The van der Waals surface area contributed by atoms with E-state index in [1.54, 1.807) is 0 Å². The molecule has 0 aliphatic rings. The number of nitrogens with zero attached hydrogens (tertiary/aromatic N) is 1. The Bertz CT molecular complexity index is 296. The topological polar surface area (TPSA) is 42.4 Å². The molecule has 0 aliphatic carbocycles. The zero-order valence-electron chi connectivity index (χ0n) is 6.38. The lowest BCUT2D eigenvalue weighted by Gasteiger charge is -2.07. The Labute approximate surface area is 81.5 Å². The quantitative estimate of drug-likeness (QED) is 0.896. The van der Waals surface area contributed by atoms with Crippen molar-refractivity contribution < 1.29 is 18.6 Å². The maximum absolute atomic E-state index is 11.8. The van der Waals surface area contributed by atoms with Crippen molar-refractivity contribution >= 4 is 15.9 Å². The standard InChI is InChI=1S/C7H6BrF2NO2/c8-5-1-4(3-12)6(11-2-5)13-7(9)10/h1-2,7,12H,3H2. The molecule has 0 saturated carbocycles. The van der Waals surface area contributed by atoms with E-state index >= 15 is 0 Å². The van der Waals surface area contributed by atoms with Crippen LogP contribution in [-0.4, -0.2) is 16.7 Å². The largest absolute Gasteiger partial charge is 0.417 e. The number of aromatic nitrogens is 1. The van der Waals surface area contributed by atoms with Gasteiger partial charge in [0.05, 0.1) is 6.61 Å². The van der Waals surface area contributed by atoms with Crippen LogP contribution in [0.3, 0.4) is 0 Å². The minimum absolute atomic E-state index is 0.217. The van der Waals surface area contributed by atoms with Crippen molar-refractivity contribution in [1.29, 1.82) is 0 Å². The third-order valence-corrected chi connectivity index (χ3v) is 1.70. The van der Waals surface area contributed by atoms with E-state index in [4.69, 9.17) is 5.11 Å². The number of halogens is 3. The molecule has 0 bridgehead atoms. The SMILES string of the molecule is OCc1cc(Br)cnc1OC(F)F. The average Bonchev–Trinajstić information content (AvgIpc) is 2.07. The smallest absolute Gasteiger partial charge is 0.388 e. The number of hydrogen-bond donors (Lipinski definition) is 1. The summed E-state index contributed by atoms with van der Waals surface area (Å²) >= 11 is 3.09. The molecule has 1 aromatic heterocycles. The molecule has 0 amide bonds. The first-order chi connectivity index (χ1) is 6.13. The Morgan fingerprint density at radius 2 is 2.31 bits per heavy atom. The molecule has 1 rings (SSSR count). The minimum Gasteiger partial charge on any atom is -0.417 e. The molecule has 13 heavy (non-hydrogen) atoms. The van der Waals surface area contributed by atoms with Crippen molar-refractivity contribution in [2.75, 3.05) is 0 Å². The monoisotopic (exact) mass is 253 g/mol. The number of aliphatic hydroxyl groups is 1. The van der Waals surface area contributed by atoms with Gasteiger partial charge in [-0.25, -0.2) is 4.98 Å². The molecule has 0 atom stereocenters. The summed E-state index contributed by atoms with van der Waals surface area (Å²) in [5, 5.41) is 8.77. The van der Waals surface area contributed by atoms with E-state index in [2.05, 4.69) is 25.7 Å². The molecular formula is C7H6BrF2NO2. The van der Waals surface area contributed by atoms with Crippen molar-refractivity contribution in [3.63, 3.8) is 0 Å². The summed E-state index contributed by atoms with van der Waals surface area (Å²) < 4.78 is 28.2. The molecule has 1 heterocycles. The fraction of sp³-hybridized carbons (Fsp3) is 0.286. The number of pyridine rings is 1. The molecule has 6 heteroatoms. The van der Waals surface area contributed by atoms with Gasteiger partial charge in [-0.1, -0.05) is 0 Å². The van der Waals surface area contributed by atoms with Crippen LogP contribution in [0.4, 0.5) is 8.78 Å². The number of aliphatic hydroxyl groups excluding tert-OH is 1. The highest BCUT2D eigenvalue weighted by molar-refractivity contribution is 9.10. The first-order valence-electron chi connectivity index (χ1n) is 3.33. The maximum Gasteiger partial charge on any atom is 0.388 e. The van der Waals surface area contributed by atoms with Crippen LogP contribution in [0.5, 0.6) is 5.88 Å². The van der Waals surface area contributed by atoms with Gasteiger partial charge in [0, 0.05) is 16.2 Å². The van der Waals surface area contributed by atoms with Crippen molar-refractivity contribution in [3.05, 3.63) is 22.3 Å². The molecule has 0 saturated heterocycles. The molecule has 0 unspecified atom stereocenters. The van der Waals surface area contributed by atoms with Crippen LogP contribution in [0.25, 0.3) is 0 Å². The van der Waals surface area contributed by atoms with Gasteiger partial charge in [-0.15, -0.1) is 0 Å². The fourth-order valence-electron chi connectivity index (χ4n) is 0.772. The van der Waals surface area contributed by atoms with E-state index in [0.717, 1.165) is 0 Å². The summed E-state index contributed by atoms with van der Waals surface area (Å²) in [4.78, 5) is 3.58. The van der Waals surface area contributed by atoms with E-state index in [9.17, 15) is 8.78 Å². The predicted molar refractivity (Wildman–Crippen MR) is 44.5 cm³/mol.